The predicted molar refractivity (Wildman–Crippen MR) is 62.1 cm³/mol. The first-order valence-corrected chi connectivity index (χ1v) is 4.73. The molecule has 1 aromatic heterocycles. The first kappa shape index (κ1) is 12.2. The monoisotopic (exact) mass is 225 g/mol. The van der Waals surface area contributed by atoms with Crippen molar-refractivity contribution in [1.29, 1.82) is 0 Å². The number of nitrogens with zero attached hydrogens (tertiary/aromatic N) is 2. The molecule has 0 radical (unpaired) electrons. The van der Waals surface area contributed by atoms with Crippen LogP contribution >= 0.6 is 0 Å². The SMILES string of the molecule is CC(C)(N)CNc1ccc([N+](=O)[O-])c(N)n1. The van der Waals surface area contributed by atoms with Gasteiger partial charge < -0.3 is 16.8 Å². The number of nitrogen functional groups attached to an aromatic ring is 1. The minimum Gasteiger partial charge on any atom is -0.378 e. The highest BCUT2D eigenvalue weighted by atomic mass is 16.6. The molecule has 1 aromatic rings. The summed E-state index contributed by atoms with van der Waals surface area (Å²) in [4.78, 5) is 13.8. The van der Waals surface area contributed by atoms with E-state index in [2.05, 4.69) is 10.3 Å². The summed E-state index contributed by atoms with van der Waals surface area (Å²) in [7, 11) is 0. The molecular weight excluding hydrogens is 210 g/mol. The van der Waals surface area contributed by atoms with Crippen LogP contribution in [0.15, 0.2) is 12.1 Å². The Hall–Kier alpha value is -1.89. The molecular formula is C9H15N5O2. The summed E-state index contributed by atoms with van der Waals surface area (Å²) >= 11 is 0. The molecule has 16 heavy (non-hydrogen) atoms. The van der Waals surface area contributed by atoms with Gasteiger partial charge in [-0.15, -0.1) is 0 Å². The normalized spacial score (nSPS) is 11.2. The van der Waals surface area contributed by atoms with Crippen LogP contribution in [0.1, 0.15) is 13.8 Å². The molecule has 0 unspecified atom stereocenters. The zero-order valence-electron chi connectivity index (χ0n) is 9.23. The predicted octanol–water partition coefficient (Wildman–Crippen LogP) is 0.721. The molecule has 0 atom stereocenters. The number of aromatic nitrogens is 1. The molecule has 0 saturated heterocycles. The third kappa shape index (κ3) is 3.35. The van der Waals surface area contributed by atoms with Crippen molar-refractivity contribution in [3.05, 3.63) is 22.2 Å². The van der Waals surface area contributed by atoms with Crippen molar-refractivity contribution in [3.8, 4) is 0 Å². The average molecular weight is 225 g/mol. The first-order chi connectivity index (χ1) is 7.29. The topological polar surface area (TPSA) is 120 Å². The van der Waals surface area contributed by atoms with Crippen molar-refractivity contribution >= 4 is 17.3 Å². The minimum atomic E-state index is -0.570. The highest BCUT2D eigenvalue weighted by Gasteiger charge is 2.14. The Balaban J connectivity index is 2.78. The van der Waals surface area contributed by atoms with Crippen LogP contribution in [0.4, 0.5) is 17.3 Å². The molecule has 1 heterocycles. The van der Waals surface area contributed by atoms with E-state index in [1.54, 1.807) is 0 Å². The average Bonchev–Trinajstić information content (AvgIpc) is 2.13. The van der Waals surface area contributed by atoms with Gasteiger partial charge in [0.2, 0.25) is 5.82 Å². The van der Waals surface area contributed by atoms with E-state index in [4.69, 9.17) is 11.5 Å². The van der Waals surface area contributed by atoms with E-state index < -0.39 is 10.5 Å². The Bertz CT molecular complexity index is 399. The quantitative estimate of drug-likeness (QED) is 0.513. The van der Waals surface area contributed by atoms with Crippen LogP contribution in [0, 0.1) is 10.1 Å². The number of rotatable bonds is 4. The van der Waals surface area contributed by atoms with Gasteiger partial charge in [-0.25, -0.2) is 4.98 Å². The summed E-state index contributed by atoms with van der Waals surface area (Å²) in [5, 5.41) is 13.4. The Morgan fingerprint density at radius 1 is 1.56 bits per heavy atom. The van der Waals surface area contributed by atoms with Crippen molar-refractivity contribution in [1.82, 2.24) is 4.98 Å². The summed E-state index contributed by atoms with van der Waals surface area (Å²) in [6, 6.07) is 2.81. The molecule has 0 aliphatic rings. The third-order valence-corrected chi connectivity index (χ3v) is 1.82. The highest BCUT2D eigenvalue weighted by molar-refractivity contribution is 5.57. The van der Waals surface area contributed by atoms with Crippen LogP contribution in [0.25, 0.3) is 0 Å². The number of nitro groups is 1. The molecule has 0 bridgehead atoms. The van der Waals surface area contributed by atoms with Gasteiger partial charge in [0.05, 0.1) is 4.92 Å². The second-order valence-corrected chi connectivity index (χ2v) is 4.20. The van der Waals surface area contributed by atoms with Gasteiger partial charge in [0.25, 0.3) is 0 Å². The summed E-state index contributed by atoms with van der Waals surface area (Å²) in [6.07, 6.45) is 0. The molecule has 0 saturated carbocycles. The molecule has 7 nitrogen and oxygen atoms in total. The minimum absolute atomic E-state index is 0.107. The van der Waals surface area contributed by atoms with Crippen molar-refractivity contribution < 1.29 is 4.92 Å². The zero-order chi connectivity index (χ0) is 12.3. The number of pyridine rings is 1. The fourth-order valence-electron chi connectivity index (χ4n) is 1.04. The molecule has 0 aromatic carbocycles. The van der Waals surface area contributed by atoms with Crippen LogP contribution in [0.2, 0.25) is 0 Å². The summed E-state index contributed by atoms with van der Waals surface area (Å²) in [5.41, 5.74) is 10.6. The number of hydrogen-bond donors (Lipinski definition) is 3. The number of hydrogen-bond acceptors (Lipinski definition) is 6. The van der Waals surface area contributed by atoms with Crippen molar-refractivity contribution in [2.75, 3.05) is 17.6 Å². The van der Waals surface area contributed by atoms with Crippen LogP contribution in [-0.4, -0.2) is 22.0 Å². The van der Waals surface area contributed by atoms with E-state index >= 15 is 0 Å². The molecule has 7 heteroatoms. The van der Waals surface area contributed by atoms with Gasteiger partial charge in [0.1, 0.15) is 5.82 Å². The Labute approximate surface area is 93.0 Å². The van der Waals surface area contributed by atoms with E-state index in [1.165, 1.54) is 12.1 Å². The maximum Gasteiger partial charge on any atom is 0.311 e. The Kier molecular flexibility index (Phi) is 3.28. The molecule has 0 aliphatic carbocycles. The number of nitrogens with two attached hydrogens (primary N) is 2. The molecule has 0 amide bonds. The van der Waals surface area contributed by atoms with Gasteiger partial charge in [-0.3, -0.25) is 10.1 Å². The summed E-state index contributed by atoms with van der Waals surface area (Å²) in [6.45, 7) is 4.21. The second kappa shape index (κ2) is 4.31. The van der Waals surface area contributed by atoms with Crippen LogP contribution < -0.4 is 16.8 Å². The maximum atomic E-state index is 10.5. The van der Waals surface area contributed by atoms with Crippen LogP contribution in [0.3, 0.4) is 0 Å². The Morgan fingerprint density at radius 2 is 2.19 bits per heavy atom. The maximum absolute atomic E-state index is 10.5. The molecule has 0 aliphatic heterocycles. The molecule has 5 N–H and O–H groups in total. The number of anilines is 2. The second-order valence-electron chi connectivity index (χ2n) is 4.20. The lowest BCUT2D eigenvalue weighted by molar-refractivity contribution is -0.384. The van der Waals surface area contributed by atoms with Crippen molar-refractivity contribution in [3.63, 3.8) is 0 Å². The van der Waals surface area contributed by atoms with E-state index in [1.807, 2.05) is 13.8 Å². The fraction of sp³-hybridized carbons (Fsp3) is 0.444. The van der Waals surface area contributed by atoms with Crippen LogP contribution in [-0.2, 0) is 0 Å². The lowest BCUT2D eigenvalue weighted by atomic mass is 10.1. The third-order valence-electron chi connectivity index (χ3n) is 1.82. The van der Waals surface area contributed by atoms with E-state index in [-0.39, 0.29) is 11.5 Å². The molecule has 88 valence electrons. The van der Waals surface area contributed by atoms with Gasteiger partial charge in [-0.1, -0.05) is 0 Å². The van der Waals surface area contributed by atoms with E-state index in [0.29, 0.717) is 12.4 Å². The summed E-state index contributed by atoms with van der Waals surface area (Å²) < 4.78 is 0. The highest BCUT2D eigenvalue weighted by Crippen LogP contribution is 2.20. The molecule has 1 rings (SSSR count). The van der Waals surface area contributed by atoms with E-state index in [9.17, 15) is 10.1 Å². The fourth-order valence-corrected chi connectivity index (χ4v) is 1.04. The smallest absolute Gasteiger partial charge is 0.311 e. The standard InChI is InChI=1S/C9H15N5O2/c1-9(2,11)5-12-7-4-3-6(14(15)16)8(10)13-7/h3-4H,5,11H2,1-2H3,(H3,10,12,13). The lowest BCUT2D eigenvalue weighted by Crippen LogP contribution is -2.39. The first-order valence-electron chi connectivity index (χ1n) is 4.73. The molecule has 0 fully saturated rings. The van der Waals surface area contributed by atoms with Crippen molar-refractivity contribution in [2.24, 2.45) is 5.73 Å². The Morgan fingerprint density at radius 3 is 2.62 bits per heavy atom. The van der Waals surface area contributed by atoms with Gasteiger partial charge in [-0.2, -0.15) is 0 Å². The van der Waals surface area contributed by atoms with Gasteiger partial charge in [0.15, 0.2) is 0 Å². The van der Waals surface area contributed by atoms with E-state index in [0.717, 1.165) is 0 Å². The number of nitrogens with one attached hydrogen (secondary N) is 1. The van der Waals surface area contributed by atoms with Gasteiger partial charge >= 0.3 is 5.69 Å². The van der Waals surface area contributed by atoms with Crippen molar-refractivity contribution in [2.45, 2.75) is 19.4 Å². The summed E-state index contributed by atoms with van der Waals surface area (Å²) in [5.74, 6) is 0.367. The lowest BCUT2D eigenvalue weighted by Gasteiger charge is -2.19. The molecule has 0 spiro atoms. The van der Waals surface area contributed by atoms with Gasteiger partial charge in [-0.05, 0) is 19.9 Å². The zero-order valence-corrected chi connectivity index (χ0v) is 9.23. The largest absolute Gasteiger partial charge is 0.378 e. The van der Waals surface area contributed by atoms with Crippen LogP contribution in [0.5, 0.6) is 0 Å². The van der Waals surface area contributed by atoms with Gasteiger partial charge in [0, 0.05) is 18.2 Å².